The lowest BCUT2D eigenvalue weighted by atomic mass is 10.4. The van der Waals surface area contributed by atoms with E-state index in [2.05, 4.69) is 4.98 Å². The average Bonchev–Trinajstić information content (AvgIpc) is 2.87. The molecule has 0 bridgehead atoms. The standard InChI is InChI=1S/C11H17ClN4O2S2/c1-14(2)5-4-6-15(3)20(17,18)10-9(12)13-11-16(10)7-8-19-11/h7-8H,4-6H2,1-3H3. The molecule has 0 N–H and O–H groups in total. The average molecular weight is 337 g/mol. The summed E-state index contributed by atoms with van der Waals surface area (Å²) >= 11 is 7.33. The van der Waals surface area contributed by atoms with Crippen molar-refractivity contribution in [1.29, 1.82) is 0 Å². The molecular weight excluding hydrogens is 320 g/mol. The van der Waals surface area contributed by atoms with Gasteiger partial charge in [0.15, 0.2) is 15.1 Å². The van der Waals surface area contributed by atoms with E-state index in [1.807, 2.05) is 19.0 Å². The maximum absolute atomic E-state index is 12.6. The summed E-state index contributed by atoms with van der Waals surface area (Å²) < 4.78 is 28.0. The minimum Gasteiger partial charge on any atom is -0.309 e. The predicted molar refractivity (Wildman–Crippen MR) is 81.1 cm³/mol. The Morgan fingerprint density at radius 2 is 2.05 bits per heavy atom. The fourth-order valence-corrected chi connectivity index (χ4v) is 4.45. The van der Waals surface area contributed by atoms with Gasteiger partial charge in [-0.1, -0.05) is 11.6 Å². The number of aromatic nitrogens is 2. The van der Waals surface area contributed by atoms with E-state index in [4.69, 9.17) is 11.6 Å². The first-order chi connectivity index (χ1) is 9.34. The van der Waals surface area contributed by atoms with E-state index in [-0.39, 0.29) is 10.2 Å². The molecule has 20 heavy (non-hydrogen) atoms. The van der Waals surface area contributed by atoms with Crippen LogP contribution in [0, 0.1) is 0 Å². The van der Waals surface area contributed by atoms with Crippen LogP contribution < -0.4 is 0 Å². The molecule has 2 aromatic heterocycles. The summed E-state index contributed by atoms with van der Waals surface area (Å²) in [6.45, 7) is 1.27. The number of halogens is 1. The molecule has 0 radical (unpaired) electrons. The molecule has 0 saturated heterocycles. The lowest BCUT2D eigenvalue weighted by Crippen LogP contribution is -2.30. The highest BCUT2D eigenvalue weighted by Gasteiger charge is 2.28. The van der Waals surface area contributed by atoms with Crippen LogP contribution in [0.1, 0.15) is 6.42 Å². The first-order valence-electron chi connectivity index (χ1n) is 6.06. The van der Waals surface area contributed by atoms with Crippen molar-refractivity contribution >= 4 is 37.9 Å². The van der Waals surface area contributed by atoms with Gasteiger partial charge < -0.3 is 4.90 Å². The number of hydrogen-bond donors (Lipinski definition) is 0. The number of hydrogen-bond acceptors (Lipinski definition) is 5. The molecule has 6 nitrogen and oxygen atoms in total. The fraction of sp³-hybridized carbons (Fsp3) is 0.545. The summed E-state index contributed by atoms with van der Waals surface area (Å²) in [5.74, 6) is 0. The van der Waals surface area contributed by atoms with Gasteiger partial charge >= 0.3 is 0 Å². The van der Waals surface area contributed by atoms with Crippen LogP contribution >= 0.6 is 22.9 Å². The number of nitrogens with zero attached hydrogens (tertiary/aromatic N) is 4. The fourth-order valence-electron chi connectivity index (χ4n) is 1.85. The lowest BCUT2D eigenvalue weighted by molar-refractivity contribution is 0.370. The van der Waals surface area contributed by atoms with Crippen LogP contribution in [0.25, 0.3) is 4.96 Å². The first-order valence-corrected chi connectivity index (χ1v) is 8.76. The molecule has 0 aliphatic rings. The molecule has 0 fully saturated rings. The zero-order valence-corrected chi connectivity index (χ0v) is 14.0. The van der Waals surface area contributed by atoms with Crippen LogP contribution in [0.5, 0.6) is 0 Å². The first kappa shape index (κ1) is 15.7. The summed E-state index contributed by atoms with van der Waals surface area (Å²) in [7, 11) is 1.84. The molecule has 2 rings (SSSR count). The van der Waals surface area contributed by atoms with E-state index in [1.54, 1.807) is 18.6 Å². The van der Waals surface area contributed by atoms with Crippen molar-refractivity contribution in [2.24, 2.45) is 0 Å². The van der Waals surface area contributed by atoms with Gasteiger partial charge in [-0.05, 0) is 27.1 Å². The molecule has 0 amide bonds. The second-order valence-electron chi connectivity index (χ2n) is 4.75. The summed E-state index contributed by atoms with van der Waals surface area (Å²) in [5.41, 5.74) is 0. The van der Waals surface area contributed by atoms with Gasteiger partial charge in [0.1, 0.15) is 0 Å². The Kier molecular flexibility index (Phi) is 4.70. The maximum atomic E-state index is 12.6. The van der Waals surface area contributed by atoms with E-state index in [1.165, 1.54) is 20.0 Å². The largest absolute Gasteiger partial charge is 0.309 e. The van der Waals surface area contributed by atoms with Gasteiger partial charge in [-0.2, -0.15) is 4.31 Å². The van der Waals surface area contributed by atoms with Gasteiger partial charge in [-0.15, -0.1) is 11.3 Å². The van der Waals surface area contributed by atoms with E-state index in [9.17, 15) is 8.42 Å². The van der Waals surface area contributed by atoms with Crippen LogP contribution in [0.15, 0.2) is 16.6 Å². The molecule has 0 aromatic carbocycles. The molecule has 0 saturated carbocycles. The van der Waals surface area contributed by atoms with Gasteiger partial charge in [0, 0.05) is 25.2 Å². The Bertz CT molecular complexity index is 692. The predicted octanol–water partition coefficient (Wildman–Crippen LogP) is 1.62. The molecule has 0 aliphatic carbocycles. The highest BCUT2D eigenvalue weighted by atomic mass is 35.5. The van der Waals surface area contributed by atoms with Crippen LogP contribution in [0.2, 0.25) is 5.15 Å². The zero-order valence-electron chi connectivity index (χ0n) is 11.6. The summed E-state index contributed by atoms with van der Waals surface area (Å²) in [5, 5.41) is 1.85. The quantitative estimate of drug-likeness (QED) is 0.804. The van der Waals surface area contributed by atoms with Crippen LogP contribution in [-0.2, 0) is 10.0 Å². The van der Waals surface area contributed by atoms with Gasteiger partial charge in [0.25, 0.3) is 10.0 Å². The lowest BCUT2D eigenvalue weighted by Gasteiger charge is -2.18. The molecule has 0 spiro atoms. The van der Waals surface area contributed by atoms with E-state index in [0.717, 1.165) is 13.0 Å². The van der Waals surface area contributed by atoms with Crippen LogP contribution in [-0.4, -0.2) is 61.2 Å². The summed E-state index contributed by atoms with van der Waals surface area (Å²) in [6.07, 6.45) is 2.42. The Hall–Kier alpha value is -0.670. The van der Waals surface area contributed by atoms with Crippen molar-refractivity contribution in [3.05, 3.63) is 16.7 Å². The molecule has 0 aliphatic heterocycles. The third kappa shape index (κ3) is 2.99. The molecule has 2 heterocycles. The van der Waals surface area contributed by atoms with Crippen molar-refractivity contribution in [1.82, 2.24) is 18.6 Å². The number of rotatable bonds is 6. The van der Waals surface area contributed by atoms with Crippen LogP contribution in [0.3, 0.4) is 0 Å². The number of fused-ring (bicyclic) bond motifs is 1. The topological polar surface area (TPSA) is 57.9 Å². The van der Waals surface area contributed by atoms with E-state index < -0.39 is 10.0 Å². The third-order valence-corrected chi connectivity index (χ3v) is 5.93. The van der Waals surface area contributed by atoms with Crippen molar-refractivity contribution in [2.45, 2.75) is 11.4 Å². The highest BCUT2D eigenvalue weighted by Crippen LogP contribution is 2.27. The third-order valence-electron chi connectivity index (χ3n) is 2.91. The number of imidazole rings is 1. The SMILES string of the molecule is CN(C)CCCN(C)S(=O)(=O)c1c(Cl)nc2sccn12. The maximum Gasteiger partial charge on any atom is 0.262 e. The second kappa shape index (κ2) is 5.98. The molecule has 112 valence electrons. The van der Waals surface area contributed by atoms with Crippen molar-refractivity contribution in [2.75, 3.05) is 34.2 Å². The monoisotopic (exact) mass is 336 g/mol. The van der Waals surface area contributed by atoms with E-state index in [0.29, 0.717) is 11.5 Å². The normalized spacial score (nSPS) is 12.9. The Balaban J connectivity index is 2.25. The van der Waals surface area contributed by atoms with Gasteiger partial charge in [0.2, 0.25) is 0 Å². The summed E-state index contributed by atoms with van der Waals surface area (Å²) in [4.78, 5) is 6.66. The zero-order chi connectivity index (χ0) is 14.9. The number of sulfonamides is 1. The van der Waals surface area contributed by atoms with Crippen molar-refractivity contribution in [3.63, 3.8) is 0 Å². The molecule has 2 aromatic rings. The molecule has 9 heteroatoms. The summed E-state index contributed by atoms with van der Waals surface area (Å²) in [6, 6.07) is 0. The minimum atomic E-state index is -3.63. The van der Waals surface area contributed by atoms with Crippen LogP contribution in [0.4, 0.5) is 0 Å². The molecule has 0 atom stereocenters. The Morgan fingerprint density at radius 3 is 2.70 bits per heavy atom. The van der Waals surface area contributed by atoms with E-state index >= 15 is 0 Å². The van der Waals surface area contributed by atoms with Gasteiger partial charge in [0.05, 0.1) is 0 Å². The molecular formula is C11H17ClN4O2S2. The second-order valence-corrected chi connectivity index (χ2v) is 7.94. The number of thiazole rings is 1. The van der Waals surface area contributed by atoms with Crippen molar-refractivity contribution < 1.29 is 8.42 Å². The highest BCUT2D eigenvalue weighted by molar-refractivity contribution is 7.89. The minimum absolute atomic E-state index is 0.0244. The molecule has 0 unspecified atom stereocenters. The Labute approximate surface area is 127 Å². The smallest absolute Gasteiger partial charge is 0.262 e. The van der Waals surface area contributed by atoms with Gasteiger partial charge in [-0.3, -0.25) is 4.40 Å². The van der Waals surface area contributed by atoms with Crippen molar-refractivity contribution in [3.8, 4) is 0 Å². The Morgan fingerprint density at radius 1 is 1.35 bits per heavy atom. The van der Waals surface area contributed by atoms with Gasteiger partial charge in [-0.25, -0.2) is 13.4 Å².